The van der Waals surface area contributed by atoms with Crippen LogP contribution >= 0.6 is 0 Å². The van der Waals surface area contributed by atoms with Gasteiger partial charge in [-0.3, -0.25) is 14.6 Å². The normalized spacial score (nSPS) is 18.6. The highest BCUT2D eigenvalue weighted by molar-refractivity contribution is 6.10. The van der Waals surface area contributed by atoms with E-state index in [1.54, 1.807) is 25.3 Å². The van der Waals surface area contributed by atoms with Gasteiger partial charge in [0.15, 0.2) is 11.5 Å². The van der Waals surface area contributed by atoms with Gasteiger partial charge in [-0.25, -0.2) is 4.98 Å². The van der Waals surface area contributed by atoms with Gasteiger partial charge < -0.3 is 19.5 Å². The second kappa shape index (κ2) is 14.2. The van der Waals surface area contributed by atoms with Crippen molar-refractivity contribution in [2.24, 2.45) is 0 Å². The number of hydrogen-bond donors (Lipinski definition) is 1. The van der Waals surface area contributed by atoms with Gasteiger partial charge in [0.25, 0.3) is 5.91 Å². The Morgan fingerprint density at radius 3 is 2.38 bits per heavy atom. The molecule has 1 amide bonds. The van der Waals surface area contributed by atoms with Crippen LogP contribution in [0.1, 0.15) is 59.7 Å². The predicted octanol–water partition coefficient (Wildman–Crippen LogP) is 7.04. The highest BCUT2D eigenvalue weighted by atomic mass is 19.4. The molecule has 7 rings (SSSR count). The van der Waals surface area contributed by atoms with Crippen molar-refractivity contribution < 1.29 is 32.2 Å². The first-order chi connectivity index (χ1) is 24.2. The number of amides is 1. The predicted molar refractivity (Wildman–Crippen MR) is 185 cm³/mol. The lowest BCUT2D eigenvalue weighted by molar-refractivity contribution is -0.137. The quantitative estimate of drug-likeness (QED) is 0.192. The summed E-state index contributed by atoms with van der Waals surface area (Å²) in [6.07, 6.45) is -1.07. The van der Waals surface area contributed by atoms with E-state index in [4.69, 9.17) is 19.2 Å². The summed E-state index contributed by atoms with van der Waals surface area (Å²) in [6.45, 7) is 7.44. The Labute approximate surface area is 290 Å². The van der Waals surface area contributed by atoms with Gasteiger partial charge in [0.1, 0.15) is 0 Å². The average molecular weight is 689 g/mol. The van der Waals surface area contributed by atoms with Gasteiger partial charge >= 0.3 is 6.18 Å². The standard InChI is InChI=1S/C39H43F3N4O4/c1-3-50-34-24-32-30(23-33(34)48-2)35(37(47)44-38(14-15-38)27-9-5-4-6-10-27)31(36(43-32)26-8-7-11-28(22-26)39(40,41)42)25-45-16-12-29(13-17-45)46-18-20-49-21-19-46/h4-11,22-24,29H,3,12-21,25H2,1-2H3,(H,44,47). The molecule has 0 bridgehead atoms. The molecule has 1 N–H and O–H groups in total. The average Bonchev–Trinajstić information content (AvgIpc) is 3.92. The van der Waals surface area contributed by atoms with E-state index >= 15 is 0 Å². The number of pyridine rings is 1. The minimum Gasteiger partial charge on any atom is -0.493 e. The Balaban J connectivity index is 1.36. The maximum absolute atomic E-state index is 14.8. The number of aromatic nitrogens is 1. The summed E-state index contributed by atoms with van der Waals surface area (Å²) >= 11 is 0. The largest absolute Gasteiger partial charge is 0.493 e. The fourth-order valence-electron chi connectivity index (χ4n) is 7.49. The fourth-order valence-corrected chi connectivity index (χ4v) is 7.49. The molecule has 8 nitrogen and oxygen atoms in total. The van der Waals surface area contributed by atoms with Crippen LogP contribution in [0.5, 0.6) is 11.5 Å². The van der Waals surface area contributed by atoms with E-state index in [1.807, 2.05) is 37.3 Å². The zero-order valence-electron chi connectivity index (χ0n) is 28.5. The summed E-state index contributed by atoms with van der Waals surface area (Å²) in [6, 6.07) is 19.1. The van der Waals surface area contributed by atoms with Crippen LogP contribution in [0.15, 0.2) is 66.7 Å². The number of nitrogens with zero attached hydrogens (tertiary/aromatic N) is 3. The first-order valence-electron chi connectivity index (χ1n) is 17.5. The molecule has 1 aliphatic carbocycles. The number of methoxy groups -OCH3 is 1. The van der Waals surface area contributed by atoms with Crippen molar-refractivity contribution in [3.8, 4) is 22.8 Å². The number of alkyl halides is 3. The van der Waals surface area contributed by atoms with Crippen molar-refractivity contribution >= 4 is 16.8 Å². The van der Waals surface area contributed by atoms with Crippen LogP contribution in [0.2, 0.25) is 0 Å². The van der Waals surface area contributed by atoms with E-state index in [1.165, 1.54) is 6.07 Å². The number of morpholine rings is 1. The summed E-state index contributed by atoms with van der Waals surface area (Å²) in [5.74, 6) is 0.595. The summed E-state index contributed by atoms with van der Waals surface area (Å²) in [5, 5.41) is 3.91. The first kappa shape index (κ1) is 34.3. The fraction of sp³-hybridized carbons (Fsp3) is 0.436. The Bertz CT molecular complexity index is 1830. The molecule has 3 aliphatic rings. The molecule has 0 unspecified atom stereocenters. The van der Waals surface area contributed by atoms with Crippen molar-refractivity contribution in [2.75, 3.05) is 53.1 Å². The van der Waals surface area contributed by atoms with Gasteiger partial charge in [-0.05, 0) is 69.5 Å². The van der Waals surface area contributed by atoms with E-state index in [0.29, 0.717) is 64.0 Å². The van der Waals surface area contributed by atoms with E-state index < -0.39 is 17.3 Å². The van der Waals surface area contributed by atoms with Crippen molar-refractivity contribution in [3.63, 3.8) is 0 Å². The van der Waals surface area contributed by atoms with Gasteiger partial charge in [-0.15, -0.1) is 0 Å². The molecule has 1 aromatic heterocycles. The number of nitrogens with one attached hydrogen (secondary N) is 1. The molecule has 1 saturated carbocycles. The molecule has 50 heavy (non-hydrogen) atoms. The summed E-state index contributed by atoms with van der Waals surface area (Å²) in [7, 11) is 1.54. The molecule has 0 spiro atoms. The number of piperidine rings is 1. The molecule has 0 radical (unpaired) electrons. The van der Waals surface area contributed by atoms with Gasteiger partial charge in [-0.2, -0.15) is 13.2 Å². The number of halogens is 3. The van der Waals surface area contributed by atoms with Gasteiger partial charge in [0, 0.05) is 48.3 Å². The molecule has 2 aliphatic heterocycles. The highest BCUT2D eigenvalue weighted by Gasteiger charge is 2.46. The van der Waals surface area contributed by atoms with Crippen LogP contribution < -0.4 is 14.8 Å². The maximum atomic E-state index is 14.8. The Kier molecular flexibility index (Phi) is 9.74. The number of fused-ring (bicyclic) bond motifs is 1. The monoisotopic (exact) mass is 688 g/mol. The van der Waals surface area contributed by atoms with Crippen LogP contribution in [0, 0.1) is 0 Å². The van der Waals surface area contributed by atoms with Crippen molar-refractivity contribution in [1.29, 1.82) is 0 Å². The first-order valence-corrected chi connectivity index (χ1v) is 17.5. The zero-order valence-corrected chi connectivity index (χ0v) is 28.5. The van der Waals surface area contributed by atoms with Gasteiger partial charge in [-0.1, -0.05) is 42.5 Å². The number of likely N-dealkylation sites (tertiary alicyclic amines) is 1. The Morgan fingerprint density at radius 2 is 1.72 bits per heavy atom. The van der Waals surface area contributed by atoms with Crippen molar-refractivity contribution in [2.45, 2.75) is 56.9 Å². The third kappa shape index (κ3) is 7.04. The van der Waals surface area contributed by atoms with E-state index in [0.717, 1.165) is 82.8 Å². The third-order valence-corrected chi connectivity index (χ3v) is 10.3. The van der Waals surface area contributed by atoms with Gasteiger partial charge in [0.05, 0.1) is 54.8 Å². The van der Waals surface area contributed by atoms with Crippen LogP contribution in [-0.2, 0) is 23.0 Å². The number of ether oxygens (including phenoxy) is 3. The van der Waals surface area contributed by atoms with Crippen molar-refractivity contribution in [3.05, 3.63) is 89.0 Å². The van der Waals surface area contributed by atoms with E-state index in [-0.39, 0.29) is 5.91 Å². The van der Waals surface area contributed by atoms with Gasteiger partial charge in [0.2, 0.25) is 0 Å². The van der Waals surface area contributed by atoms with Crippen LogP contribution in [-0.4, -0.2) is 79.8 Å². The molecule has 264 valence electrons. The molecule has 3 fully saturated rings. The summed E-state index contributed by atoms with van der Waals surface area (Å²) in [4.78, 5) is 24.6. The summed E-state index contributed by atoms with van der Waals surface area (Å²) in [5.41, 5.74) is 1.79. The molecule has 0 atom stereocenters. The Morgan fingerprint density at radius 1 is 0.980 bits per heavy atom. The molecule has 3 heterocycles. The lowest BCUT2D eigenvalue weighted by atomic mass is 9.93. The molecule has 2 saturated heterocycles. The summed E-state index contributed by atoms with van der Waals surface area (Å²) < 4.78 is 59.3. The van der Waals surface area contributed by atoms with Crippen LogP contribution in [0.3, 0.4) is 0 Å². The van der Waals surface area contributed by atoms with E-state index in [9.17, 15) is 18.0 Å². The van der Waals surface area contributed by atoms with Crippen LogP contribution in [0.4, 0.5) is 13.2 Å². The molecule has 4 aromatic rings. The lowest BCUT2D eigenvalue weighted by Crippen LogP contribution is -2.48. The second-order valence-electron chi connectivity index (χ2n) is 13.4. The van der Waals surface area contributed by atoms with Crippen molar-refractivity contribution in [1.82, 2.24) is 20.1 Å². The zero-order chi connectivity index (χ0) is 34.9. The minimum absolute atomic E-state index is 0.295. The minimum atomic E-state index is -4.54. The second-order valence-corrected chi connectivity index (χ2v) is 13.4. The Hall–Kier alpha value is -4.19. The third-order valence-electron chi connectivity index (χ3n) is 10.3. The molecular weight excluding hydrogens is 645 g/mol. The maximum Gasteiger partial charge on any atom is 0.416 e. The lowest BCUT2D eigenvalue weighted by Gasteiger charge is -2.40. The molecule has 11 heteroatoms. The molecular formula is C39H43F3N4O4. The number of benzene rings is 3. The number of rotatable bonds is 10. The molecule has 3 aromatic carbocycles. The smallest absolute Gasteiger partial charge is 0.416 e. The SMILES string of the molecule is CCOc1cc2nc(-c3cccc(C(F)(F)F)c3)c(CN3CCC(N4CCOCC4)CC3)c(C(=O)NC3(c4ccccc4)CC3)c2cc1OC. The van der Waals surface area contributed by atoms with E-state index in [2.05, 4.69) is 15.1 Å². The number of hydrogen-bond acceptors (Lipinski definition) is 7. The topological polar surface area (TPSA) is 76.2 Å². The van der Waals surface area contributed by atoms with Crippen LogP contribution in [0.25, 0.3) is 22.2 Å². The highest BCUT2D eigenvalue weighted by Crippen LogP contribution is 2.46. The number of carbonyl (C=O) groups excluding carboxylic acids is 1. The number of carbonyl (C=O) groups is 1.